The lowest BCUT2D eigenvalue weighted by Crippen LogP contribution is -2.19. The van der Waals surface area contributed by atoms with Crippen molar-refractivity contribution in [1.82, 2.24) is 5.32 Å². The molecule has 0 aliphatic carbocycles. The first-order valence-corrected chi connectivity index (χ1v) is 9.92. The molecule has 0 spiro atoms. The molecule has 1 aliphatic heterocycles. The zero-order valence-corrected chi connectivity index (χ0v) is 17.0. The number of hydrogen-bond donors (Lipinski definition) is 1. The van der Waals surface area contributed by atoms with Gasteiger partial charge in [-0.25, -0.2) is 4.99 Å². The fraction of sp³-hybridized carbons (Fsp3) is 0.0909. The van der Waals surface area contributed by atoms with Gasteiger partial charge in [0.25, 0.3) is 11.6 Å². The first kappa shape index (κ1) is 19.7. The van der Waals surface area contributed by atoms with E-state index in [1.165, 1.54) is 23.9 Å². The summed E-state index contributed by atoms with van der Waals surface area (Å²) in [5.74, 6) is 0.829. The number of nitrogens with one attached hydrogen (secondary N) is 1. The second-order valence-electron chi connectivity index (χ2n) is 6.78. The van der Waals surface area contributed by atoms with Crippen LogP contribution in [0, 0.1) is 24.0 Å². The van der Waals surface area contributed by atoms with Crippen LogP contribution in [0.25, 0.3) is 17.4 Å². The smallest absolute Gasteiger partial charge is 0.269 e. The number of carbonyl (C=O) groups is 1. The summed E-state index contributed by atoms with van der Waals surface area (Å²) in [6.45, 7) is 3.97. The van der Waals surface area contributed by atoms with Crippen molar-refractivity contribution in [3.05, 3.63) is 86.5 Å². The lowest BCUT2D eigenvalue weighted by Gasteiger charge is -2.02. The van der Waals surface area contributed by atoms with Crippen LogP contribution in [-0.2, 0) is 4.79 Å². The van der Waals surface area contributed by atoms with Crippen molar-refractivity contribution in [3.8, 4) is 11.3 Å². The van der Waals surface area contributed by atoms with Crippen LogP contribution in [0.15, 0.2) is 68.9 Å². The molecule has 1 aromatic heterocycles. The summed E-state index contributed by atoms with van der Waals surface area (Å²) in [6, 6.07) is 15.6. The Bertz CT molecular complexity index is 1210. The molecule has 4 rings (SSSR count). The molecule has 1 fully saturated rings. The van der Waals surface area contributed by atoms with Crippen LogP contribution in [0.1, 0.15) is 16.9 Å². The molecule has 0 atom stereocenters. The Morgan fingerprint density at radius 2 is 1.87 bits per heavy atom. The van der Waals surface area contributed by atoms with Crippen molar-refractivity contribution >= 4 is 40.3 Å². The maximum absolute atomic E-state index is 12.3. The quantitative estimate of drug-likeness (QED) is 0.349. The molecule has 1 N–H and O–H groups in total. The second kappa shape index (κ2) is 8.00. The predicted molar refractivity (Wildman–Crippen MR) is 118 cm³/mol. The highest BCUT2D eigenvalue weighted by Gasteiger charge is 2.24. The minimum absolute atomic E-state index is 0.0161. The molecule has 1 saturated heterocycles. The number of amidine groups is 1. The number of nitro benzene ring substituents is 1. The van der Waals surface area contributed by atoms with Crippen LogP contribution in [0.3, 0.4) is 0 Å². The van der Waals surface area contributed by atoms with Crippen molar-refractivity contribution in [2.45, 2.75) is 13.8 Å². The number of non-ortho nitro benzene ring substituents is 1. The number of amides is 1. The average Bonchev–Trinajstić information content (AvgIpc) is 3.32. The van der Waals surface area contributed by atoms with Gasteiger partial charge in [-0.05, 0) is 67.1 Å². The minimum atomic E-state index is -0.449. The molecule has 3 aromatic rings. The first-order valence-electron chi connectivity index (χ1n) is 9.10. The highest BCUT2D eigenvalue weighted by atomic mass is 32.2. The van der Waals surface area contributed by atoms with Gasteiger partial charge in [-0.1, -0.05) is 12.1 Å². The van der Waals surface area contributed by atoms with E-state index in [4.69, 9.17) is 4.42 Å². The molecule has 1 aliphatic rings. The highest BCUT2D eigenvalue weighted by Crippen LogP contribution is 2.31. The van der Waals surface area contributed by atoms with Crippen molar-refractivity contribution in [2.75, 3.05) is 0 Å². The molecule has 150 valence electrons. The van der Waals surface area contributed by atoms with E-state index in [2.05, 4.69) is 10.3 Å². The number of carbonyl (C=O) groups excluding carboxylic acids is 1. The third kappa shape index (κ3) is 4.18. The Morgan fingerprint density at radius 3 is 2.60 bits per heavy atom. The zero-order chi connectivity index (χ0) is 21.3. The number of hydrogen-bond acceptors (Lipinski definition) is 6. The van der Waals surface area contributed by atoms with Gasteiger partial charge in [0.2, 0.25) is 0 Å². The van der Waals surface area contributed by atoms with Gasteiger partial charge < -0.3 is 9.73 Å². The van der Waals surface area contributed by atoms with E-state index in [1.807, 2.05) is 32.0 Å². The summed E-state index contributed by atoms with van der Waals surface area (Å²) < 4.78 is 5.79. The summed E-state index contributed by atoms with van der Waals surface area (Å²) in [5, 5.41) is 14.1. The zero-order valence-electron chi connectivity index (χ0n) is 16.2. The fourth-order valence-corrected chi connectivity index (χ4v) is 3.71. The SMILES string of the molecule is Cc1ccc(C)c(N=C2NC(=O)/C(=C/c3ccc(-c4ccc([N+](=O)[O-])cc4)o3)S2)c1. The van der Waals surface area contributed by atoms with E-state index in [0.29, 0.717) is 27.2 Å². The van der Waals surface area contributed by atoms with Crippen molar-refractivity contribution in [3.63, 3.8) is 0 Å². The van der Waals surface area contributed by atoms with Crippen LogP contribution in [-0.4, -0.2) is 16.0 Å². The number of nitrogens with zero attached hydrogens (tertiary/aromatic N) is 2. The fourth-order valence-electron chi connectivity index (χ4n) is 2.89. The normalized spacial score (nSPS) is 16.3. The van der Waals surface area contributed by atoms with Gasteiger partial charge in [0.15, 0.2) is 5.17 Å². The van der Waals surface area contributed by atoms with Gasteiger partial charge in [-0.15, -0.1) is 0 Å². The van der Waals surface area contributed by atoms with E-state index in [9.17, 15) is 14.9 Å². The van der Waals surface area contributed by atoms with Crippen molar-refractivity contribution in [2.24, 2.45) is 4.99 Å². The van der Waals surface area contributed by atoms with Crippen molar-refractivity contribution < 1.29 is 14.1 Å². The average molecular weight is 419 g/mol. The molecule has 2 aromatic carbocycles. The maximum Gasteiger partial charge on any atom is 0.269 e. The summed E-state index contributed by atoms with van der Waals surface area (Å²) in [7, 11) is 0. The molecule has 0 unspecified atom stereocenters. The number of furan rings is 1. The van der Waals surface area contributed by atoms with Crippen molar-refractivity contribution in [1.29, 1.82) is 0 Å². The number of aryl methyl sites for hydroxylation is 2. The van der Waals surface area contributed by atoms with E-state index in [1.54, 1.807) is 30.3 Å². The monoisotopic (exact) mass is 419 g/mol. The molecule has 1 amide bonds. The van der Waals surface area contributed by atoms with Gasteiger partial charge in [0.1, 0.15) is 11.5 Å². The van der Waals surface area contributed by atoms with Crippen LogP contribution in [0.2, 0.25) is 0 Å². The molecule has 8 heteroatoms. The lowest BCUT2D eigenvalue weighted by molar-refractivity contribution is -0.384. The standard InChI is InChI=1S/C22H17N3O4S/c1-13-3-4-14(2)18(11-13)23-22-24-21(26)20(30-22)12-17-9-10-19(29-17)15-5-7-16(8-6-15)25(27)28/h3-12H,1-2H3,(H,23,24,26)/b20-12-. The van der Waals surface area contributed by atoms with Crippen LogP contribution in [0.5, 0.6) is 0 Å². The molecule has 0 bridgehead atoms. The summed E-state index contributed by atoms with van der Waals surface area (Å²) >= 11 is 1.25. The molecule has 0 radical (unpaired) electrons. The summed E-state index contributed by atoms with van der Waals surface area (Å²) in [6.07, 6.45) is 1.65. The Hall–Kier alpha value is -3.65. The van der Waals surface area contributed by atoms with Gasteiger partial charge in [-0.2, -0.15) is 0 Å². The van der Waals surface area contributed by atoms with E-state index >= 15 is 0 Å². The number of benzene rings is 2. The highest BCUT2D eigenvalue weighted by molar-refractivity contribution is 8.18. The molecule has 2 heterocycles. The summed E-state index contributed by atoms with van der Waals surface area (Å²) in [4.78, 5) is 27.7. The number of thioether (sulfide) groups is 1. The first-order chi connectivity index (χ1) is 14.4. The minimum Gasteiger partial charge on any atom is -0.457 e. The van der Waals surface area contributed by atoms with Gasteiger partial charge in [-0.3, -0.25) is 14.9 Å². The van der Waals surface area contributed by atoms with Crippen LogP contribution >= 0.6 is 11.8 Å². The Kier molecular flexibility index (Phi) is 5.24. The Morgan fingerprint density at radius 1 is 1.10 bits per heavy atom. The van der Waals surface area contributed by atoms with Crippen LogP contribution < -0.4 is 5.32 Å². The molecule has 30 heavy (non-hydrogen) atoms. The Labute approximate surface area is 176 Å². The maximum atomic E-state index is 12.3. The van der Waals surface area contributed by atoms with Gasteiger partial charge >= 0.3 is 0 Å². The third-order valence-electron chi connectivity index (χ3n) is 4.50. The molecular weight excluding hydrogens is 402 g/mol. The Balaban J connectivity index is 1.54. The van der Waals surface area contributed by atoms with E-state index in [0.717, 1.165) is 16.8 Å². The number of nitro groups is 1. The van der Waals surface area contributed by atoms with Gasteiger partial charge in [0.05, 0.1) is 15.5 Å². The lowest BCUT2D eigenvalue weighted by atomic mass is 10.1. The largest absolute Gasteiger partial charge is 0.457 e. The summed E-state index contributed by atoms with van der Waals surface area (Å²) in [5.41, 5.74) is 3.67. The molecule has 7 nitrogen and oxygen atoms in total. The van der Waals surface area contributed by atoms with E-state index < -0.39 is 4.92 Å². The van der Waals surface area contributed by atoms with Gasteiger partial charge in [0, 0.05) is 23.8 Å². The number of aliphatic imine (C=N–C) groups is 1. The van der Waals surface area contributed by atoms with Crippen LogP contribution in [0.4, 0.5) is 11.4 Å². The predicted octanol–water partition coefficient (Wildman–Crippen LogP) is 5.36. The molecular formula is C22H17N3O4S. The van der Waals surface area contributed by atoms with E-state index in [-0.39, 0.29) is 11.6 Å². The molecule has 0 saturated carbocycles. The number of rotatable bonds is 4. The second-order valence-corrected chi connectivity index (χ2v) is 7.81. The third-order valence-corrected chi connectivity index (χ3v) is 5.41. The topological polar surface area (TPSA) is 97.7 Å².